The zero-order valence-corrected chi connectivity index (χ0v) is 14.2. The van der Waals surface area contributed by atoms with E-state index < -0.39 is 5.97 Å². The van der Waals surface area contributed by atoms with E-state index in [1.807, 2.05) is 54.0 Å². The smallest absolute Gasteiger partial charge is 0.313 e. The average molecular weight is 343 g/mol. The third-order valence-electron chi connectivity index (χ3n) is 3.71. The summed E-state index contributed by atoms with van der Waals surface area (Å²) in [5.74, 6) is -0.333. The lowest BCUT2D eigenvalue weighted by atomic mass is 10.1. The minimum atomic E-state index is -0.895. The van der Waals surface area contributed by atoms with E-state index in [1.165, 1.54) is 0 Å². The van der Waals surface area contributed by atoms with Crippen LogP contribution in [0.15, 0.2) is 47.6 Å². The number of nitrogens with zero attached hydrogens (tertiary/aromatic N) is 3. The molecular weight excluding hydrogens is 326 g/mol. The number of thioether (sulfide) groups is 1. The molecule has 0 bridgehead atoms. The van der Waals surface area contributed by atoms with Gasteiger partial charge in [-0.05, 0) is 18.4 Å². The number of hydrogen-bond acceptors (Lipinski definition) is 5. The number of carboxylic acids is 1. The van der Waals surface area contributed by atoms with E-state index in [-0.39, 0.29) is 11.9 Å². The number of carboxylic acid groups (broad SMARTS) is 1. The highest BCUT2D eigenvalue weighted by Crippen LogP contribution is 2.30. The molecule has 24 heavy (non-hydrogen) atoms. The molecular formula is C17H17N3O3S. The van der Waals surface area contributed by atoms with Crippen molar-refractivity contribution in [1.29, 1.82) is 0 Å². The van der Waals surface area contributed by atoms with Gasteiger partial charge in [0.15, 0.2) is 11.0 Å². The molecule has 2 aromatic carbocycles. The first-order valence-electron chi connectivity index (χ1n) is 7.42. The van der Waals surface area contributed by atoms with E-state index in [9.17, 15) is 4.79 Å². The number of aliphatic carboxylic acids is 1. The minimum absolute atomic E-state index is 0.0791. The lowest BCUT2D eigenvalue weighted by Crippen LogP contribution is -2.09. The molecule has 0 amide bonds. The molecule has 0 spiro atoms. The van der Waals surface area contributed by atoms with Gasteiger partial charge in [0, 0.05) is 12.5 Å². The first-order valence-corrected chi connectivity index (χ1v) is 8.41. The Labute approximate surface area is 143 Å². The van der Waals surface area contributed by atoms with Crippen LogP contribution < -0.4 is 0 Å². The van der Waals surface area contributed by atoms with E-state index in [0.29, 0.717) is 11.0 Å². The predicted octanol–water partition coefficient (Wildman–Crippen LogP) is 3.30. The molecule has 0 radical (unpaired) electrons. The molecule has 124 valence electrons. The van der Waals surface area contributed by atoms with Crippen LogP contribution in [-0.4, -0.2) is 38.7 Å². The van der Waals surface area contributed by atoms with E-state index in [4.69, 9.17) is 9.84 Å². The van der Waals surface area contributed by atoms with Crippen molar-refractivity contribution >= 4 is 28.5 Å². The summed E-state index contributed by atoms with van der Waals surface area (Å²) in [5.41, 5.74) is 0.907. The normalized spacial score (nSPS) is 12.4. The number of rotatable bonds is 6. The van der Waals surface area contributed by atoms with Gasteiger partial charge < -0.3 is 9.84 Å². The highest BCUT2D eigenvalue weighted by atomic mass is 32.2. The molecule has 7 heteroatoms. The molecule has 0 fully saturated rings. The molecule has 1 N–H and O–H groups in total. The van der Waals surface area contributed by atoms with E-state index in [2.05, 4.69) is 10.2 Å². The lowest BCUT2D eigenvalue weighted by Gasteiger charge is -2.15. The molecule has 1 unspecified atom stereocenters. The summed E-state index contributed by atoms with van der Waals surface area (Å²) in [6.07, 6.45) is -0.268. The molecule has 3 aromatic rings. The fraction of sp³-hybridized carbons (Fsp3) is 0.235. The Morgan fingerprint density at radius 3 is 2.75 bits per heavy atom. The van der Waals surface area contributed by atoms with Gasteiger partial charge in [-0.2, -0.15) is 0 Å². The summed E-state index contributed by atoms with van der Waals surface area (Å²) in [5, 5.41) is 20.0. The van der Waals surface area contributed by atoms with Gasteiger partial charge >= 0.3 is 5.97 Å². The van der Waals surface area contributed by atoms with Crippen LogP contribution in [0, 0.1) is 0 Å². The summed E-state index contributed by atoms with van der Waals surface area (Å²) < 4.78 is 7.28. The van der Waals surface area contributed by atoms with Gasteiger partial charge in [0.25, 0.3) is 0 Å². The molecule has 1 atom stereocenters. The van der Waals surface area contributed by atoms with Crippen molar-refractivity contribution in [1.82, 2.24) is 14.8 Å². The quantitative estimate of drug-likeness (QED) is 0.692. The number of ether oxygens (including phenoxy) is 1. The van der Waals surface area contributed by atoms with E-state index in [1.54, 1.807) is 7.11 Å². The first kappa shape index (κ1) is 16.5. The van der Waals surface area contributed by atoms with Crippen LogP contribution in [0.2, 0.25) is 0 Å². The van der Waals surface area contributed by atoms with Gasteiger partial charge in [-0.3, -0.25) is 9.36 Å². The fourth-order valence-electron chi connectivity index (χ4n) is 2.50. The van der Waals surface area contributed by atoms with Crippen molar-refractivity contribution in [3.63, 3.8) is 0 Å². The van der Waals surface area contributed by atoms with Gasteiger partial charge in [-0.15, -0.1) is 10.2 Å². The fourth-order valence-corrected chi connectivity index (χ4v) is 3.17. The topological polar surface area (TPSA) is 77.2 Å². The zero-order chi connectivity index (χ0) is 17.1. The molecule has 1 heterocycles. The monoisotopic (exact) mass is 343 g/mol. The van der Waals surface area contributed by atoms with Gasteiger partial charge in [-0.25, -0.2) is 0 Å². The van der Waals surface area contributed by atoms with Gasteiger partial charge in [-0.1, -0.05) is 48.2 Å². The number of aromatic nitrogens is 3. The molecule has 0 aliphatic heterocycles. The van der Waals surface area contributed by atoms with Crippen LogP contribution in [0.5, 0.6) is 0 Å². The summed E-state index contributed by atoms with van der Waals surface area (Å²) in [4.78, 5) is 10.9. The van der Waals surface area contributed by atoms with Gasteiger partial charge in [0.05, 0.1) is 11.4 Å². The molecule has 0 saturated heterocycles. The molecule has 0 aliphatic rings. The molecule has 0 saturated carbocycles. The SMILES string of the molecule is COC(C)c1nnc(SCC(=O)O)n1-c1cccc2ccccc12. The maximum absolute atomic E-state index is 10.9. The third kappa shape index (κ3) is 3.13. The Balaban J connectivity index is 2.19. The maximum atomic E-state index is 10.9. The van der Waals surface area contributed by atoms with Crippen molar-refractivity contribution in [2.45, 2.75) is 18.2 Å². The van der Waals surface area contributed by atoms with Crippen molar-refractivity contribution < 1.29 is 14.6 Å². The second kappa shape index (κ2) is 7.02. The van der Waals surface area contributed by atoms with Crippen molar-refractivity contribution in [2.24, 2.45) is 0 Å². The Hall–Kier alpha value is -2.38. The Bertz CT molecular complexity index is 873. The van der Waals surface area contributed by atoms with Crippen LogP contribution in [0.4, 0.5) is 0 Å². The van der Waals surface area contributed by atoms with E-state index in [0.717, 1.165) is 28.2 Å². The third-order valence-corrected chi connectivity index (χ3v) is 4.62. The Morgan fingerprint density at radius 2 is 2.00 bits per heavy atom. The number of benzene rings is 2. The predicted molar refractivity (Wildman–Crippen MR) is 92.6 cm³/mol. The highest BCUT2D eigenvalue weighted by molar-refractivity contribution is 7.99. The van der Waals surface area contributed by atoms with Crippen LogP contribution in [0.1, 0.15) is 18.9 Å². The van der Waals surface area contributed by atoms with Crippen LogP contribution in [-0.2, 0) is 9.53 Å². The summed E-state index contributed by atoms with van der Waals surface area (Å²) >= 11 is 1.14. The van der Waals surface area contributed by atoms with Crippen LogP contribution >= 0.6 is 11.8 Å². The Kier molecular flexibility index (Phi) is 4.82. The second-order valence-electron chi connectivity index (χ2n) is 5.23. The summed E-state index contributed by atoms with van der Waals surface area (Å²) in [6, 6.07) is 14.0. The molecule has 0 aliphatic carbocycles. The lowest BCUT2D eigenvalue weighted by molar-refractivity contribution is -0.133. The largest absolute Gasteiger partial charge is 0.481 e. The standard InChI is InChI=1S/C17H17N3O3S/c1-11(23-2)16-18-19-17(24-10-15(21)22)20(16)14-9-5-7-12-6-3-4-8-13(12)14/h3-9,11H,10H2,1-2H3,(H,21,22). The second-order valence-corrected chi connectivity index (χ2v) is 6.18. The highest BCUT2D eigenvalue weighted by Gasteiger charge is 2.21. The first-order chi connectivity index (χ1) is 11.6. The van der Waals surface area contributed by atoms with E-state index >= 15 is 0 Å². The van der Waals surface area contributed by atoms with Crippen LogP contribution in [0.3, 0.4) is 0 Å². The summed E-state index contributed by atoms with van der Waals surface area (Å²) in [7, 11) is 1.61. The molecule has 1 aromatic heterocycles. The van der Waals surface area contributed by atoms with Crippen molar-refractivity contribution in [2.75, 3.05) is 12.9 Å². The van der Waals surface area contributed by atoms with Gasteiger partial charge in [0.2, 0.25) is 0 Å². The number of hydrogen-bond donors (Lipinski definition) is 1. The van der Waals surface area contributed by atoms with Crippen molar-refractivity contribution in [3.8, 4) is 5.69 Å². The maximum Gasteiger partial charge on any atom is 0.313 e. The van der Waals surface area contributed by atoms with Gasteiger partial charge in [0.1, 0.15) is 6.10 Å². The average Bonchev–Trinajstić information content (AvgIpc) is 3.02. The zero-order valence-electron chi connectivity index (χ0n) is 13.3. The number of fused-ring (bicyclic) bond motifs is 1. The number of methoxy groups -OCH3 is 1. The molecule has 3 rings (SSSR count). The Morgan fingerprint density at radius 1 is 1.25 bits per heavy atom. The summed E-state index contributed by atoms with van der Waals surface area (Å²) in [6.45, 7) is 1.89. The van der Waals surface area contributed by atoms with Crippen LogP contribution in [0.25, 0.3) is 16.5 Å². The minimum Gasteiger partial charge on any atom is -0.481 e. The molecule has 6 nitrogen and oxygen atoms in total. The van der Waals surface area contributed by atoms with Crippen molar-refractivity contribution in [3.05, 3.63) is 48.3 Å². The number of carbonyl (C=O) groups is 1.